The Balaban J connectivity index is 1.83. The quantitative estimate of drug-likeness (QED) is 0.887. The molecule has 1 aromatic rings. The van der Waals surface area contributed by atoms with Crippen LogP contribution in [0.5, 0.6) is 0 Å². The zero-order valence-electron chi connectivity index (χ0n) is 13.9. The van der Waals surface area contributed by atoms with Crippen molar-refractivity contribution < 1.29 is 0 Å². The monoisotopic (exact) mass is 286 g/mol. The van der Waals surface area contributed by atoms with Crippen LogP contribution in [-0.4, -0.2) is 29.1 Å². The molecule has 1 aliphatic carbocycles. The molecular formula is C19H30N2. The van der Waals surface area contributed by atoms with Crippen LogP contribution >= 0.6 is 0 Å². The van der Waals surface area contributed by atoms with E-state index in [0.29, 0.717) is 5.54 Å². The molecule has 1 spiro atoms. The highest BCUT2D eigenvalue weighted by Crippen LogP contribution is 2.37. The fraction of sp³-hybridized carbons (Fsp3) is 0.684. The standard InChI is InChI=1S/C19H30N2/c1-16-8-7-9-17(12-16)13-21-15-18(2,3)20-14-19(21)10-5-4-6-11-19/h7-9,12,20H,4-6,10-11,13-15H2,1-3H3. The first-order valence-corrected chi connectivity index (χ1v) is 8.55. The number of hydrogen-bond donors (Lipinski definition) is 1. The van der Waals surface area contributed by atoms with Gasteiger partial charge in [0.05, 0.1) is 0 Å². The van der Waals surface area contributed by atoms with Crippen molar-refractivity contribution >= 4 is 0 Å². The van der Waals surface area contributed by atoms with Gasteiger partial charge in [-0.15, -0.1) is 0 Å². The van der Waals surface area contributed by atoms with E-state index >= 15 is 0 Å². The Morgan fingerprint density at radius 3 is 2.62 bits per heavy atom. The molecule has 2 aliphatic rings. The first-order valence-electron chi connectivity index (χ1n) is 8.55. The van der Waals surface area contributed by atoms with E-state index in [9.17, 15) is 0 Å². The molecule has 2 nitrogen and oxygen atoms in total. The molecular weight excluding hydrogens is 256 g/mol. The molecule has 1 aromatic carbocycles. The van der Waals surface area contributed by atoms with Crippen LogP contribution in [-0.2, 0) is 6.54 Å². The van der Waals surface area contributed by atoms with Crippen molar-refractivity contribution in [2.45, 2.75) is 70.5 Å². The second kappa shape index (κ2) is 5.73. The minimum absolute atomic E-state index is 0.229. The van der Waals surface area contributed by atoms with Crippen LogP contribution in [0, 0.1) is 6.92 Å². The zero-order chi connectivity index (χ0) is 14.9. The van der Waals surface area contributed by atoms with Crippen LogP contribution in [0.2, 0.25) is 0 Å². The Morgan fingerprint density at radius 1 is 1.14 bits per heavy atom. The van der Waals surface area contributed by atoms with E-state index in [4.69, 9.17) is 0 Å². The zero-order valence-corrected chi connectivity index (χ0v) is 13.9. The molecule has 0 amide bonds. The Bertz CT molecular complexity index is 486. The number of rotatable bonds is 2. The van der Waals surface area contributed by atoms with Gasteiger partial charge in [-0.3, -0.25) is 4.90 Å². The van der Waals surface area contributed by atoms with Crippen molar-refractivity contribution in [2.75, 3.05) is 13.1 Å². The summed E-state index contributed by atoms with van der Waals surface area (Å²) in [6.45, 7) is 10.3. The number of piperazine rings is 1. The molecule has 1 N–H and O–H groups in total. The third-order valence-electron chi connectivity index (χ3n) is 5.39. The molecule has 21 heavy (non-hydrogen) atoms. The van der Waals surface area contributed by atoms with Gasteiger partial charge in [0.15, 0.2) is 0 Å². The Morgan fingerprint density at radius 2 is 1.90 bits per heavy atom. The summed E-state index contributed by atoms with van der Waals surface area (Å²) in [6, 6.07) is 9.04. The van der Waals surface area contributed by atoms with Gasteiger partial charge in [0.1, 0.15) is 0 Å². The highest BCUT2D eigenvalue weighted by atomic mass is 15.3. The van der Waals surface area contributed by atoms with Gasteiger partial charge in [0, 0.05) is 30.7 Å². The third-order valence-corrected chi connectivity index (χ3v) is 5.39. The molecule has 1 saturated carbocycles. The predicted molar refractivity (Wildman–Crippen MR) is 89.5 cm³/mol. The summed E-state index contributed by atoms with van der Waals surface area (Å²) in [4.78, 5) is 2.79. The van der Waals surface area contributed by atoms with Crippen molar-refractivity contribution in [3.8, 4) is 0 Å². The fourth-order valence-corrected chi connectivity index (χ4v) is 4.17. The van der Waals surface area contributed by atoms with Gasteiger partial charge >= 0.3 is 0 Å². The van der Waals surface area contributed by atoms with Gasteiger partial charge in [0.2, 0.25) is 0 Å². The summed E-state index contributed by atoms with van der Waals surface area (Å²) in [5.74, 6) is 0. The summed E-state index contributed by atoms with van der Waals surface area (Å²) >= 11 is 0. The second-order valence-electron chi connectivity index (χ2n) is 7.87. The number of nitrogens with one attached hydrogen (secondary N) is 1. The minimum Gasteiger partial charge on any atom is -0.309 e. The van der Waals surface area contributed by atoms with Gasteiger partial charge < -0.3 is 5.32 Å². The average molecular weight is 286 g/mol. The lowest BCUT2D eigenvalue weighted by molar-refractivity contribution is -0.0161. The predicted octanol–water partition coefficient (Wildman–Crippen LogP) is 3.88. The molecule has 1 saturated heterocycles. The number of benzene rings is 1. The van der Waals surface area contributed by atoms with E-state index in [1.165, 1.54) is 43.2 Å². The van der Waals surface area contributed by atoms with Crippen LogP contribution in [0.4, 0.5) is 0 Å². The third kappa shape index (κ3) is 3.32. The average Bonchev–Trinajstić information content (AvgIpc) is 2.44. The summed E-state index contributed by atoms with van der Waals surface area (Å²) < 4.78 is 0. The van der Waals surface area contributed by atoms with Crippen LogP contribution in [0.15, 0.2) is 24.3 Å². The molecule has 2 fully saturated rings. The Labute approximate surface area is 129 Å². The van der Waals surface area contributed by atoms with Gasteiger partial charge in [0.25, 0.3) is 0 Å². The Hall–Kier alpha value is -0.860. The molecule has 1 aliphatic heterocycles. The van der Waals surface area contributed by atoms with Crippen LogP contribution < -0.4 is 5.32 Å². The minimum atomic E-state index is 0.229. The smallest absolute Gasteiger partial charge is 0.0338 e. The van der Waals surface area contributed by atoms with Crippen molar-refractivity contribution in [1.29, 1.82) is 0 Å². The van der Waals surface area contributed by atoms with Gasteiger partial charge in [-0.1, -0.05) is 49.1 Å². The molecule has 0 radical (unpaired) electrons. The van der Waals surface area contributed by atoms with Gasteiger partial charge in [-0.25, -0.2) is 0 Å². The molecule has 2 heteroatoms. The SMILES string of the molecule is Cc1cccc(CN2CC(C)(C)NCC23CCCCC3)c1. The highest BCUT2D eigenvalue weighted by molar-refractivity contribution is 5.23. The van der Waals surface area contributed by atoms with Crippen LogP contribution in [0.1, 0.15) is 57.1 Å². The maximum absolute atomic E-state index is 3.80. The number of aryl methyl sites for hydroxylation is 1. The van der Waals surface area contributed by atoms with E-state index in [2.05, 4.69) is 55.3 Å². The molecule has 3 rings (SSSR count). The lowest BCUT2D eigenvalue weighted by atomic mass is 9.76. The fourth-order valence-electron chi connectivity index (χ4n) is 4.17. The van der Waals surface area contributed by atoms with E-state index < -0.39 is 0 Å². The molecule has 0 unspecified atom stereocenters. The summed E-state index contributed by atoms with van der Waals surface area (Å²) in [7, 11) is 0. The van der Waals surface area contributed by atoms with E-state index in [1.807, 2.05) is 0 Å². The summed E-state index contributed by atoms with van der Waals surface area (Å²) in [5.41, 5.74) is 3.47. The van der Waals surface area contributed by atoms with Crippen molar-refractivity contribution in [2.24, 2.45) is 0 Å². The van der Waals surface area contributed by atoms with E-state index in [-0.39, 0.29) is 5.54 Å². The Kier molecular flexibility index (Phi) is 4.11. The number of nitrogens with zero attached hydrogens (tertiary/aromatic N) is 1. The lowest BCUT2D eigenvalue weighted by Gasteiger charge is -2.54. The highest BCUT2D eigenvalue weighted by Gasteiger charge is 2.44. The molecule has 0 aromatic heterocycles. The van der Waals surface area contributed by atoms with Crippen molar-refractivity contribution in [3.63, 3.8) is 0 Å². The van der Waals surface area contributed by atoms with Gasteiger partial charge in [-0.05, 0) is 39.2 Å². The molecule has 116 valence electrons. The topological polar surface area (TPSA) is 15.3 Å². The van der Waals surface area contributed by atoms with Crippen molar-refractivity contribution in [1.82, 2.24) is 10.2 Å². The van der Waals surface area contributed by atoms with Crippen LogP contribution in [0.3, 0.4) is 0 Å². The summed E-state index contributed by atoms with van der Waals surface area (Å²) in [6.07, 6.45) is 6.94. The van der Waals surface area contributed by atoms with E-state index in [1.54, 1.807) is 0 Å². The molecule has 0 atom stereocenters. The van der Waals surface area contributed by atoms with Gasteiger partial charge in [-0.2, -0.15) is 0 Å². The lowest BCUT2D eigenvalue weighted by Crippen LogP contribution is -2.68. The number of hydrogen-bond acceptors (Lipinski definition) is 2. The molecule has 0 bridgehead atoms. The first-order chi connectivity index (χ1) is 9.99. The molecule has 1 heterocycles. The summed E-state index contributed by atoms with van der Waals surface area (Å²) in [5, 5.41) is 3.80. The van der Waals surface area contributed by atoms with Crippen molar-refractivity contribution in [3.05, 3.63) is 35.4 Å². The largest absolute Gasteiger partial charge is 0.309 e. The van der Waals surface area contributed by atoms with E-state index in [0.717, 1.165) is 19.6 Å². The maximum atomic E-state index is 3.80. The van der Waals surface area contributed by atoms with Crippen LogP contribution in [0.25, 0.3) is 0 Å². The normalized spacial score (nSPS) is 25.1. The first kappa shape index (κ1) is 15.1. The second-order valence-corrected chi connectivity index (χ2v) is 7.87. The maximum Gasteiger partial charge on any atom is 0.0338 e.